The minimum atomic E-state index is -0.0747. The standard InChI is InChI=1S/C20H24N6O2/c1-24-8-7-21-19(24)15-25-9-11-26(12-10-25)20(27)22-14-17-13-18(23-28-17)16-5-3-2-4-6-16/h2-8,13H,9-12,14-15H2,1H3,(H,22,27). The molecule has 8 heteroatoms. The van der Waals surface area contributed by atoms with Crippen LogP contribution in [0.25, 0.3) is 11.3 Å². The molecule has 0 atom stereocenters. The third-order valence-electron chi connectivity index (χ3n) is 4.99. The van der Waals surface area contributed by atoms with Crippen LogP contribution in [0, 0.1) is 0 Å². The summed E-state index contributed by atoms with van der Waals surface area (Å²) in [5, 5.41) is 7.00. The van der Waals surface area contributed by atoms with Crippen molar-refractivity contribution in [3.8, 4) is 11.3 Å². The van der Waals surface area contributed by atoms with Gasteiger partial charge >= 0.3 is 6.03 Å². The van der Waals surface area contributed by atoms with E-state index in [4.69, 9.17) is 4.52 Å². The Bertz CT molecular complexity index is 912. The normalized spacial score (nSPS) is 15.0. The third kappa shape index (κ3) is 4.23. The predicted molar refractivity (Wildman–Crippen MR) is 104 cm³/mol. The van der Waals surface area contributed by atoms with Gasteiger partial charge in [0.25, 0.3) is 0 Å². The Morgan fingerprint density at radius 1 is 1.18 bits per heavy atom. The molecule has 3 aromatic rings. The number of rotatable bonds is 5. The van der Waals surface area contributed by atoms with E-state index in [0.717, 1.165) is 36.7 Å². The first-order chi connectivity index (χ1) is 13.7. The molecule has 4 rings (SSSR count). The van der Waals surface area contributed by atoms with Gasteiger partial charge in [-0.25, -0.2) is 9.78 Å². The van der Waals surface area contributed by atoms with E-state index in [1.807, 2.05) is 65.3 Å². The number of imidazole rings is 1. The van der Waals surface area contributed by atoms with Crippen molar-refractivity contribution in [2.45, 2.75) is 13.1 Å². The first-order valence-corrected chi connectivity index (χ1v) is 9.41. The molecule has 0 aliphatic carbocycles. The smallest absolute Gasteiger partial charge is 0.317 e. The summed E-state index contributed by atoms with van der Waals surface area (Å²) in [5.41, 5.74) is 1.76. The molecule has 1 aliphatic rings. The maximum Gasteiger partial charge on any atom is 0.317 e. The Kier molecular flexibility index (Phi) is 5.38. The molecular formula is C20H24N6O2. The highest BCUT2D eigenvalue weighted by Gasteiger charge is 2.22. The fourth-order valence-corrected chi connectivity index (χ4v) is 3.27. The number of nitrogens with one attached hydrogen (secondary N) is 1. The van der Waals surface area contributed by atoms with Crippen LogP contribution in [0.15, 0.2) is 53.3 Å². The lowest BCUT2D eigenvalue weighted by atomic mass is 10.1. The number of benzene rings is 1. The van der Waals surface area contributed by atoms with Gasteiger partial charge in [0, 0.05) is 57.3 Å². The average molecular weight is 380 g/mol. The molecule has 2 amide bonds. The van der Waals surface area contributed by atoms with Crippen LogP contribution in [-0.2, 0) is 20.1 Å². The number of aromatic nitrogens is 3. The van der Waals surface area contributed by atoms with Gasteiger partial charge in [-0.3, -0.25) is 4.90 Å². The Balaban J connectivity index is 1.24. The number of urea groups is 1. The highest BCUT2D eigenvalue weighted by Crippen LogP contribution is 2.18. The second-order valence-electron chi connectivity index (χ2n) is 6.92. The van der Waals surface area contributed by atoms with Gasteiger partial charge in [-0.05, 0) is 0 Å². The van der Waals surface area contributed by atoms with Gasteiger partial charge in [-0.15, -0.1) is 0 Å². The number of nitrogens with zero attached hydrogens (tertiary/aromatic N) is 5. The molecule has 8 nitrogen and oxygen atoms in total. The van der Waals surface area contributed by atoms with E-state index in [2.05, 4.69) is 20.4 Å². The largest absolute Gasteiger partial charge is 0.359 e. The van der Waals surface area contributed by atoms with Crippen LogP contribution in [0.1, 0.15) is 11.6 Å². The highest BCUT2D eigenvalue weighted by molar-refractivity contribution is 5.74. The molecule has 28 heavy (non-hydrogen) atoms. The second-order valence-corrected chi connectivity index (χ2v) is 6.92. The third-order valence-corrected chi connectivity index (χ3v) is 4.99. The lowest BCUT2D eigenvalue weighted by Gasteiger charge is -2.34. The van der Waals surface area contributed by atoms with Gasteiger partial charge in [0.15, 0.2) is 5.76 Å². The van der Waals surface area contributed by atoms with Crippen LogP contribution in [-0.4, -0.2) is 56.7 Å². The predicted octanol–water partition coefficient (Wildman–Crippen LogP) is 2.10. The van der Waals surface area contributed by atoms with Crippen molar-refractivity contribution in [1.82, 2.24) is 29.8 Å². The van der Waals surface area contributed by atoms with Crippen LogP contribution in [0.4, 0.5) is 4.79 Å². The van der Waals surface area contributed by atoms with Crippen molar-refractivity contribution < 1.29 is 9.32 Å². The molecule has 0 unspecified atom stereocenters. The summed E-state index contributed by atoms with van der Waals surface area (Å²) >= 11 is 0. The van der Waals surface area contributed by atoms with Crippen LogP contribution in [0.5, 0.6) is 0 Å². The van der Waals surface area contributed by atoms with Crippen molar-refractivity contribution in [2.75, 3.05) is 26.2 Å². The summed E-state index contributed by atoms with van der Waals surface area (Å²) in [5.74, 6) is 1.68. The average Bonchev–Trinajstić information content (AvgIpc) is 3.37. The Morgan fingerprint density at radius 3 is 2.68 bits per heavy atom. The Hall–Kier alpha value is -3.13. The number of hydrogen-bond acceptors (Lipinski definition) is 5. The van der Waals surface area contributed by atoms with Crippen molar-refractivity contribution in [2.24, 2.45) is 7.05 Å². The highest BCUT2D eigenvalue weighted by atomic mass is 16.5. The van der Waals surface area contributed by atoms with E-state index in [9.17, 15) is 4.79 Å². The molecule has 3 heterocycles. The summed E-state index contributed by atoms with van der Waals surface area (Å²) in [4.78, 5) is 21.0. The summed E-state index contributed by atoms with van der Waals surface area (Å²) in [6.45, 7) is 4.19. The van der Waals surface area contributed by atoms with Gasteiger partial charge in [0.1, 0.15) is 11.5 Å². The Labute approximate surface area is 163 Å². The number of carbonyl (C=O) groups excluding carboxylic acids is 1. The van der Waals surface area contributed by atoms with Crippen molar-refractivity contribution in [3.05, 3.63) is 60.4 Å². The first kappa shape index (κ1) is 18.2. The number of aryl methyl sites for hydroxylation is 1. The van der Waals surface area contributed by atoms with Gasteiger partial charge in [-0.1, -0.05) is 35.5 Å². The maximum absolute atomic E-state index is 12.4. The molecule has 2 aromatic heterocycles. The van der Waals surface area contributed by atoms with Crippen LogP contribution in [0.2, 0.25) is 0 Å². The number of hydrogen-bond donors (Lipinski definition) is 1. The van der Waals surface area contributed by atoms with Gasteiger partial charge in [0.05, 0.1) is 13.1 Å². The van der Waals surface area contributed by atoms with Crippen molar-refractivity contribution in [3.63, 3.8) is 0 Å². The Morgan fingerprint density at radius 2 is 1.96 bits per heavy atom. The molecule has 0 spiro atoms. The van der Waals surface area contributed by atoms with Gasteiger partial charge in [-0.2, -0.15) is 0 Å². The maximum atomic E-state index is 12.4. The molecule has 1 aliphatic heterocycles. The zero-order valence-electron chi connectivity index (χ0n) is 15.9. The lowest BCUT2D eigenvalue weighted by molar-refractivity contribution is 0.132. The summed E-state index contributed by atoms with van der Waals surface area (Å²) < 4.78 is 7.37. The zero-order chi connectivity index (χ0) is 19.3. The number of carbonyl (C=O) groups is 1. The first-order valence-electron chi connectivity index (χ1n) is 9.41. The topological polar surface area (TPSA) is 79.4 Å². The minimum absolute atomic E-state index is 0.0747. The molecular weight excluding hydrogens is 356 g/mol. The molecule has 146 valence electrons. The molecule has 1 saturated heterocycles. The lowest BCUT2D eigenvalue weighted by Crippen LogP contribution is -2.51. The second kappa shape index (κ2) is 8.26. The van der Waals surface area contributed by atoms with E-state index in [-0.39, 0.29) is 6.03 Å². The van der Waals surface area contributed by atoms with Crippen molar-refractivity contribution in [1.29, 1.82) is 0 Å². The van der Waals surface area contributed by atoms with Crippen LogP contribution in [0.3, 0.4) is 0 Å². The van der Waals surface area contributed by atoms with Gasteiger partial charge in [0.2, 0.25) is 0 Å². The SMILES string of the molecule is Cn1ccnc1CN1CCN(C(=O)NCc2cc(-c3ccccc3)no2)CC1. The minimum Gasteiger partial charge on any atom is -0.359 e. The number of amides is 2. The zero-order valence-corrected chi connectivity index (χ0v) is 15.9. The fraction of sp³-hybridized carbons (Fsp3) is 0.350. The molecule has 0 radical (unpaired) electrons. The molecule has 0 saturated carbocycles. The van der Waals surface area contributed by atoms with E-state index < -0.39 is 0 Å². The molecule has 0 bridgehead atoms. The van der Waals surface area contributed by atoms with Gasteiger partial charge < -0.3 is 19.3 Å². The number of piperazine rings is 1. The van der Waals surface area contributed by atoms with Crippen LogP contribution >= 0.6 is 0 Å². The summed E-state index contributed by atoms with van der Waals surface area (Å²) in [6, 6.07) is 11.6. The van der Waals surface area contributed by atoms with E-state index >= 15 is 0 Å². The summed E-state index contributed by atoms with van der Waals surface area (Å²) in [7, 11) is 2.00. The molecule has 1 fully saturated rings. The quantitative estimate of drug-likeness (QED) is 0.733. The molecule has 1 N–H and O–H groups in total. The van der Waals surface area contributed by atoms with Crippen LogP contribution < -0.4 is 5.32 Å². The van der Waals surface area contributed by atoms with E-state index in [1.54, 1.807) is 0 Å². The molecule has 1 aromatic carbocycles. The monoisotopic (exact) mass is 380 g/mol. The summed E-state index contributed by atoms with van der Waals surface area (Å²) in [6.07, 6.45) is 3.76. The van der Waals surface area contributed by atoms with E-state index in [0.29, 0.717) is 25.4 Å². The van der Waals surface area contributed by atoms with E-state index in [1.165, 1.54) is 0 Å². The van der Waals surface area contributed by atoms with Crippen molar-refractivity contribution >= 4 is 6.03 Å². The fourth-order valence-electron chi connectivity index (χ4n) is 3.27.